The Kier molecular flexibility index (Phi) is 7.49. The van der Waals surface area contributed by atoms with E-state index in [-0.39, 0.29) is 11.8 Å². The van der Waals surface area contributed by atoms with Crippen LogP contribution in [0.4, 0.5) is 11.4 Å². The molecule has 6 nitrogen and oxygen atoms in total. The number of aryl methyl sites for hydroxylation is 1. The van der Waals surface area contributed by atoms with E-state index in [2.05, 4.69) is 35.2 Å². The lowest BCUT2D eigenvalue weighted by molar-refractivity contribution is -0.120. The van der Waals surface area contributed by atoms with E-state index in [0.717, 1.165) is 47.5 Å². The number of methoxy groups -OCH3 is 3. The molecule has 0 aliphatic heterocycles. The zero-order valence-electron chi connectivity index (χ0n) is 21.2. The van der Waals surface area contributed by atoms with Gasteiger partial charge in [-0.1, -0.05) is 18.2 Å². The molecule has 3 aromatic carbocycles. The summed E-state index contributed by atoms with van der Waals surface area (Å²) in [6.45, 7) is 0.456. The number of anilines is 2. The predicted octanol–water partition coefficient (Wildman–Crippen LogP) is 5.43. The van der Waals surface area contributed by atoms with Gasteiger partial charge in [-0.15, -0.1) is 0 Å². The van der Waals surface area contributed by atoms with E-state index in [1.54, 1.807) is 21.3 Å². The molecule has 0 aromatic heterocycles. The third kappa shape index (κ3) is 5.21. The summed E-state index contributed by atoms with van der Waals surface area (Å²) in [4.78, 5) is 18.1. The van der Waals surface area contributed by atoms with Crippen LogP contribution in [0.25, 0.3) is 0 Å². The maximum absolute atomic E-state index is 14.2. The first-order chi connectivity index (χ1) is 16.9. The van der Waals surface area contributed by atoms with Crippen molar-refractivity contribution in [3.8, 4) is 17.2 Å². The molecule has 6 heteroatoms. The van der Waals surface area contributed by atoms with Gasteiger partial charge in [0.05, 0.1) is 33.8 Å². The molecule has 0 spiro atoms. The van der Waals surface area contributed by atoms with Crippen LogP contribution < -0.4 is 24.0 Å². The van der Waals surface area contributed by atoms with E-state index in [9.17, 15) is 4.79 Å². The van der Waals surface area contributed by atoms with Gasteiger partial charge >= 0.3 is 0 Å². The second-order valence-corrected chi connectivity index (χ2v) is 9.03. The molecule has 0 heterocycles. The molecule has 184 valence electrons. The van der Waals surface area contributed by atoms with E-state index >= 15 is 0 Å². The molecular weight excluding hydrogens is 440 g/mol. The molecule has 1 atom stereocenters. The van der Waals surface area contributed by atoms with Crippen molar-refractivity contribution < 1.29 is 19.0 Å². The first-order valence-electron chi connectivity index (χ1n) is 11.9. The highest BCUT2D eigenvalue weighted by Gasteiger charge is 2.31. The first-order valence-corrected chi connectivity index (χ1v) is 11.9. The zero-order chi connectivity index (χ0) is 24.9. The van der Waals surface area contributed by atoms with Gasteiger partial charge in [-0.25, -0.2) is 0 Å². The number of fused-ring (bicyclic) bond motifs is 1. The van der Waals surface area contributed by atoms with Gasteiger partial charge in [-0.2, -0.15) is 0 Å². The number of hydrogen-bond donors (Lipinski definition) is 0. The van der Waals surface area contributed by atoms with Crippen LogP contribution in [0.2, 0.25) is 0 Å². The summed E-state index contributed by atoms with van der Waals surface area (Å²) in [6, 6.07) is 20.0. The number of amides is 1. The number of carbonyl (C=O) groups excluding carboxylic acids is 1. The Balaban J connectivity index is 1.74. The molecule has 1 unspecified atom stereocenters. The van der Waals surface area contributed by atoms with Crippen LogP contribution in [-0.4, -0.2) is 41.3 Å². The first kappa shape index (κ1) is 24.5. The fourth-order valence-corrected chi connectivity index (χ4v) is 4.72. The third-order valence-electron chi connectivity index (χ3n) is 6.70. The Morgan fingerprint density at radius 3 is 2.23 bits per heavy atom. The largest absolute Gasteiger partial charge is 0.497 e. The van der Waals surface area contributed by atoms with Gasteiger partial charge in [-0.05, 0) is 72.4 Å². The normalized spacial score (nSPS) is 14.6. The van der Waals surface area contributed by atoms with E-state index in [1.807, 2.05) is 49.3 Å². The summed E-state index contributed by atoms with van der Waals surface area (Å²) >= 11 is 0. The van der Waals surface area contributed by atoms with Gasteiger partial charge in [-0.3, -0.25) is 4.79 Å². The Hall–Kier alpha value is -3.67. The summed E-state index contributed by atoms with van der Waals surface area (Å²) in [5.41, 5.74) is 5.23. The van der Waals surface area contributed by atoms with Crippen molar-refractivity contribution in [2.45, 2.75) is 31.7 Å². The van der Waals surface area contributed by atoms with E-state index in [0.29, 0.717) is 18.0 Å². The molecular formula is C29H34N2O4. The van der Waals surface area contributed by atoms with E-state index in [1.165, 1.54) is 5.56 Å². The fourth-order valence-electron chi connectivity index (χ4n) is 4.72. The maximum Gasteiger partial charge on any atom is 0.234 e. The number of nitrogens with zero attached hydrogens (tertiary/aromatic N) is 2. The molecule has 35 heavy (non-hydrogen) atoms. The Morgan fingerprint density at radius 1 is 0.857 bits per heavy atom. The smallest absolute Gasteiger partial charge is 0.234 e. The van der Waals surface area contributed by atoms with Crippen LogP contribution in [0.3, 0.4) is 0 Å². The van der Waals surface area contributed by atoms with Gasteiger partial charge in [0.25, 0.3) is 0 Å². The lowest BCUT2D eigenvalue weighted by Gasteiger charge is -2.32. The molecule has 0 N–H and O–H groups in total. The van der Waals surface area contributed by atoms with Gasteiger partial charge in [0.15, 0.2) is 11.5 Å². The monoisotopic (exact) mass is 474 g/mol. The molecule has 0 radical (unpaired) electrons. The molecule has 1 aliphatic rings. The fraction of sp³-hybridized carbons (Fsp3) is 0.345. The van der Waals surface area contributed by atoms with Crippen LogP contribution in [0.15, 0.2) is 60.7 Å². The minimum absolute atomic E-state index is 0.0723. The molecule has 0 fully saturated rings. The quantitative estimate of drug-likeness (QED) is 0.436. The van der Waals surface area contributed by atoms with Crippen LogP contribution in [0.5, 0.6) is 17.2 Å². The van der Waals surface area contributed by atoms with Crippen molar-refractivity contribution in [2.75, 3.05) is 45.2 Å². The van der Waals surface area contributed by atoms with Crippen LogP contribution in [0, 0.1) is 0 Å². The van der Waals surface area contributed by atoms with Crippen LogP contribution in [0.1, 0.15) is 35.4 Å². The summed E-state index contributed by atoms with van der Waals surface area (Å²) in [6.07, 6.45) is 2.76. The van der Waals surface area contributed by atoms with Crippen LogP contribution in [-0.2, 0) is 17.8 Å². The topological polar surface area (TPSA) is 51.2 Å². The number of hydrogen-bond acceptors (Lipinski definition) is 5. The van der Waals surface area contributed by atoms with E-state index < -0.39 is 0 Å². The van der Waals surface area contributed by atoms with Crippen LogP contribution >= 0.6 is 0 Å². The average molecular weight is 475 g/mol. The molecule has 1 amide bonds. The van der Waals surface area contributed by atoms with Crippen molar-refractivity contribution in [1.82, 2.24) is 0 Å². The van der Waals surface area contributed by atoms with Crippen molar-refractivity contribution in [3.05, 3.63) is 77.4 Å². The minimum atomic E-state index is -0.233. The maximum atomic E-state index is 14.2. The lowest BCUT2D eigenvalue weighted by atomic mass is 9.81. The highest BCUT2D eigenvalue weighted by atomic mass is 16.5. The Bertz CT molecular complexity index is 1170. The zero-order valence-corrected chi connectivity index (χ0v) is 21.2. The average Bonchev–Trinajstić information content (AvgIpc) is 2.90. The molecule has 0 saturated carbocycles. The van der Waals surface area contributed by atoms with Crippen molar-refractivity contribution in [3.63, 3.8) is 0 Å². The summed E-state index contributed by atoms with van der Waals surface area (Å²) in [5, 5.41) is 0. The summed E-state index contributed by atoms with van der Waals surface area (Å²) in [7, 11) is 8.91. The van der Waals surface area contributed by atoms with Gasteiger partial charge in [0.1, 0.15) is 5.75 Å². The summed E-state index contributed by atoms with van der Waals surface area (Å²) < 4.78 is 16.4. The standard InChI is InChI=1S/C29H34N2O4/c1-30(2)22-12-9-20(10-13-22)19-31(23-14-16-27(34-4)28(17-23)35-5)29(32)25-8-6-7-21-11-15-24(33-3)18-26(21)25/h9-18,25H,6-8,19H2,1-5H3. The highest BCUT2D eigenvalue weighted by Crippen LogP contribution is 2.38. The SMILES string of the molecule is COc1ccc2c(c1)C(C(=O)N(Cc1ccc(N(C)C)cc1)c1ccc(OC)c(OC)c1)CCC2. The predicted molar refractivity (Wildman–Crippen MR) is 140 cm³/mol. The molecule has 0 saturated heterocycles. The van der Waals surface area contributed by atoms with Crippen molar-refractivity contribution in [2.24, 2.45) is 0 Å². The number of carbonyl (C=O) groups is 1. The lowest BCUT2D eigenvalue weighted by Crippen LogP contribution is -2.36. The molecule has 1 aliphatic carbocycles. The number of benzene rings is 3. The van der Waals surface area contributed by atoms with Gasteiger partial charge in [0.2, 0.25) is 5.91 Å². The Morgan fingerprint density at radius 2 is 1.57 bits per heavy atom. The minimum Gasteiger partial charge on any atom is -0.497 e. The van der Waals surface area contributed by atoms with E-state index in [4.69, 9.17) is 14.2 Å². The molecule has 4 rings (SSSR count). The second kappa shape index (κ2) is 10.7. The highest BCUT2D eigenvalue weighted by molar-refractivity contribution is 5.98. The molecule has 0 bridgehead atoms. The second-order valence-electron chi connectivity index (χ2n) is 9.03. The number of ether oxygens (including phenoxy) is 3. The van der Waals surface area contributed by atoms with Crippen molar-refractivity contribution in [1.29, 1.82) is 0 Å². The van der Waals surface area contributed by atoms with Gasteiger partial charge < -0.3 is 24.0 Å². The van der Waals surface area contributed by atoms with Crippen molar-refractivity contribution >= 4 is 17.3 Å². The molecule has 3 aromatic rings. The number of rotatable bonds is 8. The third-order valence-corrected chi connectivity index (χ3v) is 6.70. The van der Waals surface area contributed by atoms with Gasteiger partial charge in [0, 0.05) is 31.5 Å². The Labute approximate surface area is 208 Å². The summed E-state index contributed by atoms with van der Waals surface area (Å²) in [5.74, 6) is 1.84.